The quantitative estimate of drug-likeness (QED) is 0.240. The van der Waals surface area contributed by atoms with Gasteiger partial charge in [0.05, 0.1) is 5.54 Å². The van der Waals surface area contributed by atoms with Gasteiger partial charge in [0.25, 0.3) is 0 Å². The molecule has 196 valence electrons. The van der Waals surface area contributed by atoms with Crippen LogP contribution in [0.2, 0.25) is 0 Å². The van der Waals surface area contributed by atoms with E-state index in [2.05, 4.69) is 140 Å². The van der Waals surface area contributed by atoms with Gasteiger partial charge in [0.15, 0.2) is 0 Å². The number of hydrogen-bond donors (Lipinski definition) is 0. The zero-order chi connectivity index (χ0) is 26.7. The molecule has 0 fully saturated rings. The molecule has 4 aromatic rings. The van der Waals surface area contributed by atoms with E-state index < -0.39 is 0 Å². The van der Waals surface area contributed by atoms with E-state index in [0.717, 1.165) is 31.0 Å². The van der Waals surface area contributed by atoms with E-state index in [1.807, 2.05) is 0 Å². The highest BCUT2D eigenvalue weighted by atomic mass is 16.5. The molecule has 1 heterocycles. The summed E-state index contributed by atoms with van der Waals surface area (Å²) in [6, 6.07) is 41.7. The van der Waals surface area contributed by atoms with Crippen molar-refractivity contribution in [2.24, 2.45) is 10.9 Å². The Kier molecular flexibility index (Phi) is 7.17. The molecule has 0 N–H and O–H groups in total. The molecule has 39 heavy (non-hydrogen) atoms. The lowest BCUT2D eigenvalue weighted by Gasteiger charge is -2.41. The molecule has 0 unspecified atom stereocenters. The molecule has 0 bridgehead atoms. The second kappa shape index (κ2) is 11.0. The Labute approximate surface area is 232 Å². The van der Waals surface area contributed by atoms with Crippen molar-refractivity contribution in [3.8, 4) is 0 Å². The number of benzene rings is 4. The number of nitrogens with zero attached hydrogens (tertiary/aromatic N) is 2. The lowest BCUT2D eigenvalue weighted by molar-refractivity contribution is 0.140. The second-order valence-corrected chi connectivity index (χ2v) is 11.4. The molecule has 3 heteroatoms. The van der Waals surface area contributed by atoms with Gasteiger partial charge in [0.2, 0.25) is 5.90 Å². The summed E-state index contributed by atoms with van der Waals surface area (Å²) in [7, 11) is 0. The lowest BCUT2D eigenvalue weighted by Crippen LogP contribution is -2.36. The van der Waals surface area contributed by atoms with Gasteiger partial charge in [-0.1, -0.05) is 121 Å². The van der Waals surface area contributed by atoms with Crippen molar-refractivity contribution in [3.63, 3.8) is 0 Å². The van der Waals surface area contributed by atoms with E-state index >= 15 is 0 Å². The zero-order valence-electron chi connectivity index (χ0n) is 22.8. The van der Waals surface area contributed by atoms with E-state index in [0.29, 0.717) is 6.61 Å². The van der Waals surface area contributed by atoms with Gasteiger partial charge in [0.1, 0.15) is 6.61 Å². The van der Waals surface area contributed by atoms with E-state index in [4.69, 9.17) is 9.73 Å². The van der Waals surface area contributed by atoms with Crippen molar-refractivity contribution >= 4 is 11.5 Å². The SMILES string of the molecule is CC1(C)COC(C2=C[C@H](Cc3ccccc3)[C@@H](N(Cc3ccccc3)Cc3ccccc3)c3ccccc32)=N1. The number of fused-ring (bicyclic) bond motifs is 1. The maximum absolute atomic E-state index is 6.22. The molecule has 0 amide bonds. The van der Waals surface area contributed by atoms with E-state index in [1.165, 1.54) is 27.8 Å². The van der Waals surface area contributed by atoms with Gasteiger partial charge in [-0.2, -0.15) is 0 Å². The van der Waals surface area contributed by atoms with Crippen LogP contribution in [0.3, 0.4) is 0 Å². The van der Waals surface area contributed by atoms with Crippen LogP contribution in [0.1, 0.15) is 47.7 Å². The summed E-state index contributed by atoms with van der Waals surface area (Å²) < 4.78 is 6.22. The summed E-state index contributed by atoms with van der Waals surface area (Å²) >= 11 is 0. The third kappa shape index (κ3) is 5.74. The molecular formula is C36H36N2O. The molecule has 4 aromatic carbocycles. The molecule has 3 nitrogen and oxygen atoms in total. The summed E-state index contributed by atoms with van der Waals surface area (Å²) in [5.74, 6) is 1.03. The van der Waals surface area contributed by atoms with Crippen LogP contribution >= 0.6 is 0 Å². The van der Waals surface area contributed by atoms with Crippen LogP contribution < -0.4 is 0 Å². The minimum absolute atomic E-state index is 0.195. The fourth-order valence-electron chi connectivity index (χ4n) is 5.95. The highest BCUT2D eigenvalue weighted by molar-refractivity contribution is 6.21. The molecule has 0 saturated carbocycles. The van der Waals surface area contributed by atoms with Crippen LogP contribution in [-0.4, -0.2) is 22.9 Å². The van der Waals surface area contributed by atoms with Crippen LogP contribution in [0.5, 0.6) is 0 Å². The molecule has 0 saturated heterocycles. The minimum atomic E-state index is -0.205. The molecule has 2 aliphatic rings. The summed E-state index contributed by atoms with van der Waals surface area (Å²) in [5, 5.41) is 0. The smallest absolute Gasteiger partial charge is 0.217 e. The fraction of sp³-hybridized carbons (Fsp3) is 0.250. The van der Waals surface area contributed by atoms with Gasteiger partial charge in [-0.05, 0) is 48.1 Å². The average Bonchev–Trinajstić information content (AvgIpc) is 3.33. The minimum Gasteiger partial charge on any atom is -0.475 e. The van der Waals surface area contributed by atoms with Gasteiger partial charge < -0.3 is 4.74 Å². The van der Waals surface area contributed by atoms with E-state index in [-0.39, 0.29) is 17.5 Å². The van der Waals surface area contributed by atoms with Crippen molar-refractivity contribution in [2.45, 2.75) is 44.9 Å². The zero-order valence-corrected chi connectivity index (χ0v) is 22.8. The van der Waals surface area contributed by atoms with Crippen LogP contribution in [0.25, 0.3) is 5.57 Å². The Balaban J connectivity index is 1.48. The van der Waals surface area contributed by atoms with Crippen LogP contribution in [-0.2, 0) is 24.2 Å². The summed E-state index contributed by atoms with van der Waals surface area (Å²) in [4.78, 5) is 7.66. The number of aliphatic imine (C=N–C) groups is 1. The van der Waals surface area contributed by atoms with Gasteiger partial charge in [-0.15, -0.1) is 0 Å². The lowest BCUT2D eigenvalue weighted by atomic mass is 9.77. The number of ether oxygens (including phenoxy) is 1. The Morgan fingerprint density at radius 3 is 1.82 bits per heavy atom. The molecule has 1 aliphatic heterocycles. The largest absolute Gasteiger partial charge is 0.475 e. The van der Waals surface area contributed by atoms with Crippen molar-refractivity contribution < 1.29 is 4.74 Å². The monoisotopic (exact) mass is 512 g/mol. The van der Waals surface area contributed by atoms with Crippen LogP contribution in [0, 0.1) is 5.92 Å². The van der Waals surface area contributed by atoms with Gasteiger partial charge in [0, 0.05) is 30.6 Å². The molecule has 2 atom stereocenters. The maximum Gasteiger partial charge on any atom is 0.217 e. The van der Waals surface area contributed by atoms with E-state index in [9.17, 15) is 0 Å². The molecule has 1 aliphatic carbocycles. The summed E-state index contributed by atoms with van der Waals surface area (Å²) in [5.41, 5.74) is 7.50. The summed E-state index contributed by atoms with van der Waals surface area (Å²) in [6.07, 6.45) is 3.39. The van der Waals surface area contributed by atoms with Gasteiger partial charge >= 0.3 is 0 Å². The Bertz CT molecular complexity index is 1420. The molecule has 0 aromatic heterocycles. The van der Waals surface area contributed by atoms with E-state index in [1.54, 1.807) is 0 Å². The first kappa shape index (κ1) is 25.3. The van der Waals surface area contributed by atoms with Gasteiger partial charge in [-0.3, -0.25) is 4.90 Å². The molecule has 6 rings (SSSR count). The normalized spacial score (nSPS) is 19.7. The third-order valence-corrected chi connectivity index (χ3v) is 7.72. The topological polar surface area (TPSA) is 24.8 Å². The first-order valence-corrected chi connectivity index (χ1v) is 14.0. The van der Waals surface area contributed by atoms with Gasteiger partial charge in [-0.25, -0.2) is 4.99 Å². The maximum atomic E-state index is 6.22. The predicted molar refractivity (Wildman–Crippen MR) is 160 cm³/mol. The molecule has 0 spiro atoms. The average molecular weight is 513 g/mol. The number of hydrogen-bond acceptors (Lipinski definition) is 3. The molecular weight excluding hydrogens is 476 g/mol. The predicted octanol–water partition coefficient (Wildman–Crippen LogP) is 7.89. The first-order chi connectivity index (χ1) is 19.1. The number of rotatable bonds is 8. The highest BCUT2D eigenvalue weighted by Crippen LogP contribution is 2.44. The Morgan fingerprint density at radius 2 is 1.26 bits per heavy atom. The Morgan fingerprint density at radius 1 is 0.718 bits per heavy atom. The van der Waals surface area contributed by atoms with Crippen molar-refractivity contribution in [2.75, 3.05) is 6.61 Å². The first-order valence-electron chi connectivity index (χ1n) is 14.0. The third-order valence-electron chi connectivity index (χ3n) is 7.72. The van der Waals surface area contributed by atoms with Crippen molar-refractivity contribution in [3.05, 3.63) is 149 Å². The molecule has 0 radical (unpaired) electrons. The Hall–Kier alpha value is -3.95. The summed E-state index contributed by atoms with van der Waals surface area (Å²) in [6.45, 7) is 6.63. The van der Waals surface area contributed by atoms with Crippen LogP contribution in [0.4, 0.5) is 0 Å². The standard InChI is InChI=1S/C36H36N2O/c1-36(2)26-39-35(37-36)33-23-30(22-27-14-6-3-7-15-27)34(32-21-13-12-20-31(32)33)38(24-28-16-8-4-9-17-28)25-29-18-10-5-11-19-29/h3-21,23,30,34H,22,24-26H2,1-2H3/t30-,34+/m0/s1. The van der Waals surface area contributed by atoms with Crippen LogP contribution in [0.15, 0.2) is 126 Å². The second-order valence-electron chi connectivity index (χ2n) is 11.4. The van der Waals surface area contributed by atoms with Crippen molar-refractivity contribution in [1.29, 1.82) is 0 Å². The highest BCUT2D eigenvalue weighted by Gasteiger charge is 2.38. The van der Waals surface area contributed by atoms with Crippen molar-refractivity contribution in [1.82, 2.24) is 4.90 Å². The fourth-order valence-corrected chi connectivity index (χ4v) is 5.95.